The number of rotatable bonds is 5. The number of amides is 1. The van der Waals surface area contributed by atoms with Crippen molar-refractivity contribution in [1.82, 2.24) is 29.4 Å². The highest BCUT2D eigenvalue weighted by Gasteiger charge is 2.14. The Hall–Kier alpha value is -2.70. The molecule has 3 heterocycles. The average molecular weight is 312 g/mol. The first-order valence-corrected chi connectivity index (χ1v) is 7.55. The summed E-state index contributed by atoms with van der Waals surface area (Å²) < 4.78 is 3.66. The molecule has 0 unspecified atom stereocenters. The van der Waals surface area contributed by atoms with Crippen molar-refractivity contribution < 1.29 is 4.79 Å². The van der Waals surface area contributed by atoms with E-state index in [9.17, 15) is 4.79 Å². The monoisotopic (exact) mass is 312 g/mol. The predicted octanol–water partition coefficient (Wildman–Crippen LogP) is 1.52. The first kappa shape index (κ1) is 15.2. The van der Waals surface area contributed by atoms with E-state index in [1.807, 2.05) is 41.5 Å². The predicted molar refractivity (Wildman–Crippen MR) is 86.6 cm³/mol. The number of nitrogens with zero attached hydrogens (tertiary/aromatic N) is 6. The van der Waals surface area contributed by atoms with Gasteiger partial charge in [0.15, 0.2) is 0 Å². The summed E-state index contributed by atoms with van der Waals surface area (Å²) in [5.41, 5.74) is 3.78. The maximum Gasteiger partial charge on any atom is 0.224 e. The number of aromatic nitrogens is 5. The smallest absolute Gasteiger partial charge is 0.224 e. The largest absolute Gasteiger partial charge is 0.340 e. The zero-order valence-electron chi connectivity index (χ0n) is 13.6. The molecule has 120 valence electrons. The average Bonchev–Trinajstić information content (AvgIpc) is 3.08. The number of pyridine rings is 1. The van der Waals surface area contributed by atoms with Crippen molar-refractivity contribution in [1.29, 1.82) is 0 Å². The Morgan fingerprint density at radius 2 is 2.17 bits per heavy atom. The molecule has 1 amide bonds. The van der Waals surface area contributed by atoms with Crippen LogP contribution in [0.2, 0.25) is 0 Å². The molecule has 0 spiro atoms. The zero-order chi connectivity index (χ0) is 16.4. The van der Waals surface area contributed by atoms with Gasteiger partial charge in [-0.3, -0.25) is 19.1 Å². The molecule has 0 saturated heterocycles. The summed E-state index contributed by atoms with van der Waals surface area (Å²) in [5.74, 6) is 0.0702. The normalized spacial score (nSPS) is 11.1. The van der Waals surface area contributed by atoms with Gasteiger partial charge >= 0.3 is 0 Å². The maximum atomic E-state index is 12.3. The highest BCUT2D eigenvalue weighted by atomic mass is 16.2. The highest BCUT2D eigenvalue weighted by Crippen LogP contribution is 2.17. The quantitative estimate of drug-likeness (QED) is 0.716. The number of aryl methyl sites for hydroxylation is 3. The summed E-state index contributed by atoms with van der Waals surface area (Å²) in [6.07, 6.45) is 3.92. The van der Waals surface area contributed by atoms with Gasteiger partial charge in [0.2, 0.25) is 5.91 Å². The molecule has 3 aromatic heterocycles. The second-order valence-corrected chi connectivity index (χ2v) is 5.63. The lowest BCUT2D eigenvalue weighted by atomic mass is 10.3. The van der Waals surface area contributed by atoms with Crippen molar-refractivity contribution in [3.05, 3.63) is 42.0 Å². The Morgan fingerprint density at radius 1 is 1.35 bits per heavy atom. The summed E-state index contributed by atoms with van der Waals surface area (Å²) in [6, 6.07) is 5.70. The minimum atomic E-state index is 0.0702. The lowest BCUT2D eigenvalue weighted by Gasteiger charge is -2.16. The molecule has 0 N–H and O–H groups in total. The van der Waals surface area contributed by atoms with Crippen LogP contribution in [0, 0.1) is 6.92 Å². The first-order chi connectivity index (χ1) is 11.1. The number of hydrogen-bond acceptors (Lipinski definition) is 4. The molecule has 0 saturated carbocycles. The van der Waals surface area contributed by atoms with E-state index < -0.39 is 0 Å². The summed E-state index contributed by atoms with van der Waals surface area (Å²) in [5, 5.41) is 8.75. The van der Waals surface area contributed by atoms with E-state index in [-0.39, 0.29) is 5.91 Å². The van der Waals surface area contributed by atoms with Gasteiger partial charge in [0.05, 0.1) is 30.7 Å². The highest BCUT2D eigenvalue weighted by molar-refractivity contribution is 5.78. The fourth-order valence-electron chi connectivity index (χ4n) is 2.70. The van der Waals surface area contributed by atoms with Crippen LogP contribution in [0.15, 0.2) is 30.6 Å². The number of fused-ring (bicyclic) bond motifs is 1. The van der Waals surface area contributed by atoms with Crippen LogP contribution in [0.4, 0.5) is 0 Å². The summed E-state index contributed by atoms with van der Waals surface area (Å²) in [4.78, 5) is 18.2. The molecule has 0 atom stereocenters. The van der Waals surface area contributed by atoms with Crippen molar-refractivity contribution in [2.24, 2.45) is 7.05 Å². The molecule has 0 bridgehead atoms. The second kappa shape index (κ2) is 6.20. The fourth-order valence-corrected chi connectivity index (χ4v) is 2.70. The lowest BCUT2D eigenvalue weighted by Crippen LogP contribution is -2.27. The van der Waals surface area contributed by atoms with E-state index in [4.69, 9.17) is 0 Å². The third-order valence-corrected chi connectivity index (χ3v) is 3.90. The zero-order valence-corrected chi connectivity index (χ0v) is 13.6. The molecule has 0 aliphatic heterocycles. The topological polar surface area (TPSA) is 68.8 Å². The SMILES string of the molecule is Cc1nn(C)c2cnn(CCC(=O)N(C)Cc3ccccn3)c12. The molecule has 0 aromatic carbocycles. The molecule has 0 aliphatic rings. The van der Waals surface area contributed by atoms with Crippen molar-refractivity contribution >= 4 is 16.9 Å². The molecule has 7 nitrogen and oxygen atoms in total. The lowest BCUT2D eigenvalue weighted by molar-refractivity contribution is -0.130. The van der Waals surface area contributed by atoms with Gasteiger partial charge < -0.3 is 4.90 Å². The van der Waals surface area contributed by atoms with Crippen LogP contribution < -0.4 is 0 Å². The van der Waals surface area contributed by atoms with Crippen LogP contribution in [0.1, 0.15) is 17.8 Å². The fraction of sp³-hybridized carbons (Fsp3) is 0.375. The van der Waals surface area contributed by atoms with Gasteiger partial charge in [-0.15, -0.1) is 0 Å². The van der Waals surface area contributed by atoms with Crippen LogP contribution in [0.25, 0.3) is 11.0 Å². The third kappa shape index (κ3) is 3.08. The number of hydrogen-bond donors (Lipinski definition) is 0. The van der Waals surface area contributed by atoms with Gasteiger partial charge in [-0.05, 0) is 19.1 Å². The maximum absolute atomic E-state index is 12.3. The van der Waals surface area contributed by atoms with Gasteiger partial charge in [0, 0.05) is 26.7 Å². The standard InChI is InChI=1S/C16H20N6O/c1-12-16-14(21(3)19-12)10-18-22(16)9-7-15(23)20(2)11-13-6-4-5-8-17-13/h4-6,8,10H,7,9,11H2,1-3H3. The summed E-state index contributed by atoms with van der Waals surface area (Å²) in [6.45, 7) is 3.01. The molecule has 0 fully saturated rings. The molecular weight excluding hydrogens is 292 g/mol. The number of carbonyl (C=O) groups is 1. The minimum absolute atomic E-state index is 0.0702. The Labute approximate surface area is 134 Å². The Kier molecular flexibility index (Phi) is 4.10. The molecule has 7 heteroatoms. The van der Waals surface area contributed by atoms with Crippen LogP contribution in [0.3, 0.4) is 0 Å². The van der Waals surface area contributed by atoms with Gasteiger partial charge in [0.1, 0.15) is 11.0 Å². The minimum Gasteiger partial charge on any atom is -0.340 e. The van der Waals surface area contributed by atoms with Crippen molar-refractivity contribution in [2.45, 2.75) is 26.4 Å². The molecule has 0 radical (unpaired) electrons. The van der Waals surface area contributed by atoms with E-state index in [1.165, 1.54) is 0 Å². The van der Waals surface area contributed by atoms with Crippen LogP contribution in [-0.4, -0.2) is 42.4 Å². The van der Waals surface area contributed by atoms with E-state index in [0.717, 1.165) is 22.4 Å². The van der Waals surface area contributed by atoms with E-state index in [2.05, 4.69) is 15.2 Å². The van der Waals surface area contributed by atoms with Gasteiger partial charge in [-0.2, -0.15) is 10.2 Å². The van der Waals surface area contributed by atoms with Gasteiger partial charge in [-0.25, -0.2) is 0 Å². The van der Waals surface area contributed by atoms with Crippen LogP contribution in [-0.2, 0) is 24.9 Å². The van der Waals surface area contributed by atoms with E-state index in [1.54, 1.807) is 24.3 Å². The first-order valence-electron chi connectivity index (χ1n) is 7.55. The van der Waals surface area contributed by atoms with Crippen LogP contribution in [0.5, 0.6) is 0 Å². The van der Waals surface area contributed by atoms with Gasteiger partial charge in [-0.1, -0.05) is 6.07 Å². The molecular formula is C16H20N6O. The Balaban J connectivity index is 1.64. The second-order valence-electron chi connectivity index (χ2n) is 5.63. The molecule has 23 heavy (non-hydrogen) atoms. The number of carbonyl (C=O) groups excluding carboxylic acids is 1. The van der Waals surface area contributed by atoms with Gasteiger partial charge in [0.25, 0.3) is 0 Å². The van der Waals surface area contributed by atoms with E-state index in [0.29, 0.717) is 19.5 Å². The Morgan fingerprint density at radius 3 is 2.91 bits per heavy atom. The molecule has 3 rings (SSSR count). The van der Waals surface area contributed by atoms with Crippen molar-refractivity contribution in [3.8, 4) is 0 Å². The summed E-state index contributed by atoms with van der Waals surface area (Å²) >= 11 is 0. The van der Waals surface area contributed by atoms with Crippen LogP contribution >= 0.6 is 0 Å². The molecule has 0 aliphatic carbocycles. The Bertz CT molecular complexity index is 820. The molecule has 3 aromatic rings. The summed E-state index contributed by atoms with van der Waals surface area (Å²) in [7, 11) is 3.69. The van der Waals surface area contributed by atoms with E-state index >= 15 is 0 Å². The van der Waals surface area contributed by atoms with Crippen molar-refractivity contribution in [2.75, 3.05) is 7.05 Å². The van der Waals surface area contributed by atoms with Crippen molar-refractivity contribution in [3.63, 3.8) is 0 Å². The third-order valence-electron chi connectivity index (χ3n) is 3.90.